The summed E-state index contributed by atoms with van der Waals surface area (Å²) in [7, 11) is -0.520. The Kier molecular flexibility index (Phi) is 5.14. The quantitative estimate of drug-likeness (QED) is 0.500. The van der Waals surface area contributed by atoms with E-state index in [-0.39, 0.29) is 0 Å². The lowest BCUT2D eigenvalue weighted by atomic mass is 9.96. The molecule has 3 aromatic rings. The molecule has 0 radical (unpaired) electrons. The van der Waals surface area contributed by atoms with E-state index < -0.39 is 7.92 Å². The number of aryl methyl sites for hydroxylation is 1. The third-order valence-electron chi connectivity index (χ3n) is 5.00. The molecule has 0 saturated heterocycles. The Bertz CT molecular complexity index is 858. The van der Waals surface area contributed by atoms with Gasteiger partial charge in [0, 0.05) is 11.6 Å². The van der Waals surface area contributed by atoms with Crippen molar-refractivity contribution in [1.82, 2.24) is 0 Å². The molecule has 128 valence electrons. The second-order valence-electron chi connectivity index (χ2n) is 6.69. The van der Waals surface area contributed by atoms with Gasteiger partial charge in [-0.3, -0.25) is 0 Å². The lowest BCUT2D eigenvalue weighted by molar-refractivity contribution is 0.781. The third kappa shape index (κ3) is 3.43. The Morgan fingerprint density at radius 1 is 0.654 bits per heavy atom. The molecule has 0 heterocycles. The fourth-order valence-electron chi connectivity index (χ4n) is 3.74. The van der Waals surface area contributed by atoms with Gasteiger partial charge in [-0.2, -0.15) is 0 Å². The lowest BCUT2D eigenvalue weighted by Crippen LogP contribution is -2.21. The highest BCUT2D eigenvalue weighted by Crippen LogP contribution is 2.55. The molecule has 1 heteroatoms. The predicted molar refractivity (Wildman–Crippen MR) is 115 cm³/mol. The van der Waals surface area contributed by atoms with Gasteiger partial charge in [-0.1, -0.05) is 109 Å². The number of hydrogen-bond donors (Lipinski definition) is 0. The molecular formula is C25H23P. The first kappa shape index (κ1) is 17.0. The lowest BCUT2D eigenvalue weighted by Gasteiger charge is -2.33. The molecular weight excluding hydrogens is 331 g/mol. The summed E-state index contributed by atoms with van der Waals surface area (Å²) in [4.78, 5) is 0. The van der Waals surface area contributed by atoms with Gasteiger partial charge in [0.05, 0.1) is 0 Å². The fraction of sp³-hybridized carbons (Fsp3) is 0.120. The maximum atomic E-state index is 2.36. The van der Waals surface area contributed by atoms with E-state index in [0.29, 0.717) is 11.6 Å². The topological polar surface area (TPSA) is 0 Å². The molecule has 0 aromatic heterocycles. The molecule has 1 atom stereocenters. The van der Waals surface area contributed by atoms with Crippen LogP contribution in [-0.2, 0) is 0 Å². The van der Waals surface area contributed by atoms with Crippen molar-refractivity contribution in [3.05, 3.63) is 120 Å². The molecule has 0 spiro atoms. The van der Waals surface area contributed by atoms with E-state index in [4.69, 9.17) is 0 Å². The molecule has 0 fully saturated rings. The van der Waals surface area contributed by atoms with Crippen LogP contribution in [0.15, 0.2) is 109 Å². The molecule has 1 unspecified atom stereocenters. The van der Waals surface area contributed by atoms with Gasteiger partial charge < -0.3 is 0 Å². The normalized spacial score (nSPS) is 14.8. The van der Waals surface area contributed by atoms with Crippen molar-refractivity contribution in [1.29, 1.82) is 0 Å². The minimum absolute atomic E-state index is 0.433. The molecule has 0 amide bonds. The Hall–Kier alpha value is -2.43. The Balaban J connectivity index is 1.91. The molecule has 0 N–H and O–H groups in total. The minimum atomic E-state index is -0.520. The van der Waals surface area contributed by atoms with Gasteiger partial charge in [0.1, 0.15) is 0 Å². The van der Waals surface area contributed by atoms with Crippen molar-refractivity contribution in [2.75, 3.05) is 0 Å². The SMILES string of the molecule is Cc1ccccc1C(C1C=CC=C1)P(c1ccccc1)c1ccccc1. The number of benzene rings is 3. The Morgan fingerprint density at radius 2 is 1.15 bits per heavy atom. The largest absolute Gasteiger partial charge is 0.0766 e. The van der Waals surface area contributed by atoms with Crippen LogP contribution in [-0.4, -0.2) is 0 Å². The van der Waals surface area contributed by atoms with Crippen molar-refractivity contribution in [2.24, 2.45) is 5.92 Å². The average molecular weight is 354 g/mol. The van der Waals surface area contributed by atoms with Crippen molar-refractivity contribution in [3.63, 3.8) is 0 Å². The zero-order valence-electron chi connectivity index (χ0n) is 15.0. The van der Waals surface area contributed by atoms with E-state index >= 15 is 0 Å². The van der Waals surface area contributed by atoms with Crippen LogP contribution < -0.4 is 10.6 Å². The van der Waals surface area contributed by atoms with Gasteiger partial charge in [0.25, 0.3) is 0 Å². The van der Waals surface area contributed by atoms with Crippen molar-refractivity contribution in [3.8, 4) is 0 Å². The van der Waals surface area contributed by atoms with E-state index in [9.17, 15) is 0 Å². The van der Waals surface area contributed by atoms with Crippen molar-refractivity contribution >= 4 is 18.5 Å². The predicted octanol–water partition coefficient (Wildman–Crippen LogP) is 5.91. The zero-order valence-corrected chi connectivity index (χ0v) is 15.9. The third-order valence-corrected chi connectivity index (χ3v) is 7.88. The number of hydrogen-bond acceptors (Lipinski definition) is 0. The van der Waals surface area contributed by atoms with Crippen LogP contribution in [0.5, 0.6) is 0 Å². The van der Waals surface area contributed by atoms with Crippen LogP contribution in [0, 0.1) is 12.8 Å². The van der Waals surface area contributed by atoms with Crippen LogP contribution in [0.25, 0.3) is 0 Å². The van der Waals surface area contributed by atoms with Crippen molar-refractivity contribution < 1.29 is 0 Å². The molecule has 1 aliphatic rings. The van der Waals surface area contributed by atoms with Crippen LogP contribution in [0.1, 0.15) is 16.8 Å². The molecule has 0 nitrogen and oxygen atoms in total. The van der Waals surface area contributed by atoms with Gasteiger partial charge >= 0.3 is 0 Å². The first-order valence-corrected chi connectivity index (χ1v) is 10.6. The second-order valence-corrected chi connectivity index (χ2v) is 9.02. The highest BCUT2D eigenvalue weighted by molar-refractivity contribution is 7.73. The van der Waals surface area contributed by atoms with E-state index in [1.165, 1.54) is 21.7 Å². The number of rotatable bonds is 5. The van der Waals surface area contributed by atoms with Gasteiger partial charge in [-0.15, -0.1) is 0 Å². The van der Waals surface area contributed by atoms with Crippen LogP contribution in [0.3, 0.4) is 0 Å². The Labute approximate surface area is 157 Å². The average Bonchev–Trinajstić information content (AvgIpc) is 3.22. The summed E-state index contributed by atoms with van der Waals surface area (Å²) < 4.78 is 0. The fourth-order valence-corrected chi connectivity index (χ4v) is 6.78. The monoisotopic (exact) mass is 354 g/mol. The molecule has 1 aliphatic carbocycles. The molecule has 4 rings (SSSR count). The number of allylic oxidation sites excluding steroid dienone is 4. The van der Waals surface area contributed by atoms with Gasteiger partial charge in [0.15, 0.2) is 0 Å². The summed E-state index contributed by atoms with van der Waals surface area (Å²) in [6.07, 6.45) is 9.11. The molecule has 0 aliphatic heterocycles. The first-order chi connectivity index (χ1) is 12.8. The molecule has 0 bridgehead atoms. The van der Waals surface area contributed by atoms with Crippen LogP contribution in [0.4, 0.5) is 0 Å². The maximum Gasteiger partial charge on any atom is 0.0222 e. The summed E-state index contributed by atoms with van der Waals surface area (Å²) in [5.74, 6) is 0.433. The molecule has 3 aromatic carbocycles. The summed E-state index contributed by atoms with van der Waals surface area (Å²) in [5.41, 5.74) is 3.28. The summed E-state index contributed by atoms with van der Waals surface area (Å²) in [6.45, 7) is 2.24. The van der Waals surface area contributed by atoms with Gasteiger partial charge in [-0.05, 0) is 36.6 Å². The van der Waals surface area contributed by atoms with E-state index in [0.717, 1.165) is 0 Å². The highest BCUT2D eigenvalue weighted by Gasteiger charge is 2.32. The summed E-state index contributed by atoms with van der Waals surface area (Å²) in [5, 5.41) is 2.88. The summed E-state index contributed by atoms with van der Waals surface area (Å²) >= 11 is 0. The molecule has 26 heavy (non-hydrogen) atoms. The molecule has 0 saturated carbocycles. The Morgan fingerprint density at radius 3 is 1.69 bits per heavy atom. The zero-order chi connectivity index (χ0) is 17.8. The van der Waals surface area contributed by atoms with Crippen LogP contribution in [0.2, 0.25) is 0 Å². The van der Waals surface area contributed by atoms with Gasteiger partial charge in [-0.25, -0.2) is 0 Å². The maximum absolute atomic E-state index is 2.36. The highest BCUT2D eigenvalue weighted by atomic mass is 31.1. The van der Waals surface area contributed by atoms with E-state index in [1.54, 1.807) is 0 Å². The smallest absolute Gasteiger partial charge is 0.0222 e. The standard InChI is InChI=1S/C25H23P/c1-20-12-8-11-19-24(20)25(21-13-9-10-14-21)26(22-15-4-2-5-16-22)23-17-6-3-7-18-23/h2-19,21,25H,1H3. The minimum Gasteiger partial charge on any atom is -0.0766 e. The van der Waals surface area contributed by atoms with Crippen LogP contribution >= 0.6 is 7.92 Å². The van der Waals surface area contributed by atoms with Crippen molar-refractivity contribution in [2.45, 2.75) is 12.6 Å². The first-order valence-electron chi connectivity index (χ1n) is 9.14. The second kappa shape index (κ2) is 7.85. The summed E-state index contributed by atoms with van der Waals surface area (Å²) in [6, 6.07) is 31.0. The van der Waals surface area contributed by atoms with E-state index in [2.05, 4.69) is 116 Å². The van der Waals surface area contributed by atoms with E-state index in [1.807, 2.05) is 0 Å². The van der Waals surface area contributed by atoms with Gasteiger partial charge in [0.2, 0.25) is 0 Å².